The molecule has 284 valence electrons. The molecule has 11 aromatic rings. The highest BCUT2D eigenvalue weighted by Crippen LogP contribution is 2.53. The molecule has 3 heteroatoms. The van der Waals surface area contributed by atoms with E-state index in [0.29, 0.717) is 0 Å². The molecule has 0 N–H and O–H groups in total. The quantitative estimate of drug-likeness (QED) is 0.157. The summed E-state index contributed by atoms with van der Waals surface area (Å²) in [4.78, 5) is 4.79. The lowest BCUT2D eigenvalue weighted by atomic mass is 9.68. The Morgan fingerprint density at radius 2 is 0.883 bits per heavy atom. The molecule has 0 aliphatic heterocycles. The van der Waals surface area contributed by atoms with E-state index in [4.69, 9.17) is 4.42 Å². The van der Waals surface area contributed by atoms with E-state index in [1.807, 2.05) is 12.1 Å². The summed E-state index contributed by atoms with van der Waals surface area (Å²) in [6, 6.07) is 74.9. The van der Waals surface area contributed by atoms with Gasteiger partial charge in [0.15, 0.2) is 0 Å². The normalized spacial score (nSPS) is 13.0. The van der Waals surface area contributed by atoms with Crippen LogP contribution >= 0.6 is 0 Å². The minimum absolute atomic E-state index is 0.279. The van der Waals surface area contributed by atoms with Crippen molar-refractivity contribution in [3.8, 4) is 11.1 Å². The van der Waals surface area contributed by atoms with Crippen molar-refractivity contribution in [2.75, 3.05) is 9.80 Å². The molecule has 0 amide bonds. The monoisotopic (exact) mass is 768 g/mol. The van der Waals surface area contributed by atoms with Gasteiger partial charge >= 0.3 is 0 Å². The Labute approximate surface area is 349 Å². The molecule has 1 aliphatic rings. The number of anilines is 6. The van der Waals surface area contributed by atoms with E-state index in [9.17, 15) is 0 Å². The van der Waals surface area contributed by atoms with Crippen LogP contribution in [-0.2, 0) is 5.41 Å². The Bertz CT molecular complexity index is 3420. The van der Waals surface area contributed by atoms with E-state index in [-0.39, 0.29) is 5.41 Å². The average molecular weight is 769 g/mol. The minimum Gasteiger partial charge on any atom is -0.456 e. The number of benzene rings is 10. The van der Waals surface area contributed by atoms with Gasteiger partial charge in [-0.05, 0) is 134 Å². The second-order valence-corrected chi connectivity index (χ2v) is 16.5. The first-order chi connectivity index (χ1) is 29.5. The van der Waals surface area contributed by atoms with Crippen LogP contribution in [0.15, 0.2) is 211 Å². The highest BCUT2D eigenvalue weighted by atomic mass is 16.3. The van der Waals surface area contributed by atoms with E-state index in [0.717, 1.165) is 50.4 Å². The number of nitrogens with zero attached hydrogens (tertiary/aromatic N) is 2. The van der Waals surface area contributed by atoms with E-state index >= 15 is 0 Å². The van der Waals surface area contributed by atoms with Crippen molar-refractivity contribution in [1.82, 2.24) is 0 Å². The first-order valence-corrected chi connectivity index (χ1v) is 20.8. The van der Waals surface area contributed by atoms with Crippen molar-refractivity contribution in [2.45, 2.75) is 19.3 Å². The van der Waals surface area contributed by atoms with Gasteiger partial charge in [-0.1, -0.05) is 135 Å². The number of para-hydroxylation sites is 4. The molecule has 12 rings (SSSR count). The highest BCUT2D eigenvalue weighted by molar-refractivity contribution is 6.25. The van der Waals surface area contributed by atoms with E-state index in [1.54, 1.807) is 0 Å². The fourth-order valence-corrected chi connectivity index (χ4v) is 9.99. The predicted octanol–water partition coefficient (Wildman–Crippen LogP) is 16.3. The lowest BCUT2D eigenvalue weighted by Gasteiger charge is -2.37. The van der Waals surface area contributed by atoms with Gasteiger partial charge in [0.2, 0.25) is 0 Å². The number of hydrogen-bond acceptors (Lipinski definition) is 3. The minimum atomic E-state index is -0.279. The van der Waals surface area contributed by atoms with Gasteiger partial charge in [-0.15, -0.1) is 0 Å². The van der Waals surface area contributed by atoms with Gasteiger partial charge in [0.05, 0.1) is 5.69 Å². The Morgan fingerprint density at radius 3 is 1.60 bits per heavy atom. The summed E-state index contributed by atoms with van der Waals surface area (Å²) in [6.45, 7) is 4.79. The Morgan fingerprint density at radius 1 is 0.333 bits per heavy atom. The summed E-state index contributed by atoms with van der Waals surface area (Å²) in [6.07, 6.45) is 0. The molecular formula is C57H40N2O. The first kappa shape index (κ1) is 34.4. The molecule has 0 fully saturated rings. The number of furan rings is 1. The van der Waals surface area contributed by atoms with Gasteiger partial charge < -0.3 is 14.2 Å². The molecule has 1 aromatic heterocycles. The van der Waals surface area contributed by atoms with Crippen molar-refractivity contribution in [1.29, 1.82) is 0 Å². The molecule has 0 atom stereocenters. The fraction of sp³-hybridized carbons (Fsp3) is 0.0526. The Balaban J connectivity index is 1.09. The Kier molecular flexibility index (Phi) is 7.58. The van der Waals surface area contributed by atoms with Crippen LogP contribution in [0.2, 0.25) is 0 Å². The van der Waals surface area contributed by atoms with Crippen molar-refractivity contribution in [3.05, 3.63) is 217 Å². The summed E-state index contributed by atoms with van der Waals surface area (Å²) in [5.41, 5.74) is 13.5. The van der Waals surface area contributed by atoms with Crippen LogP contribution in [-0.4, -0.2) is 0 Å². The van der Waals surface area contributed by atoms with Crippen LogP contribution in [0, 0.1) is 0 Å². The third kappa shape index (κ3) is 5.15. The zero-order chi connectivity index (χ0) is 40.0. The zero-order valence-electron chi connectivity index (χ0n) is 33.4. The van der Waals surface area contributed by atoms with Gasteiger partial charge in [0.25, 0.3) is 0 Å². The summed E-state index contributed by atoms with van der Waals surface area (Å²) in [5, 5.41) is 9.82. The van der Waals surface area contributed by atoms with Crippen LogP contribution < -0.4 is 9.80 Å². The highest BCUT2D eigenvalue weighted by Gasteiger charge is 2.35. The summed E-state index contributed by atoms with van der Waals surface area (Å²) >= 11 is 0. The first-order valence-electron chi connectivity index (χ1n) is 20.8. The average Bonchev–Trinajstić information content (AvgIpc) is 3.68. The molecule has 0 saturated heterocycles. The molecule has 0 unspecified atom stereocenters. The van der Waals surface area contributed by atoms with E-state index < -0.39 is 0 Å². The molecule has 0 saturated carbocycles. The molecule has 0 spiro atoms. The largest absolute Gasteiger partial charge is 0.456 e. The van der Waals surface area contributed by atoms with Crippen LogP contribution in [0.3, 0.4) is 0 Å². The third-order valence-corrected chi connectivity index (χ3v) is 12.8. The van der Waals surface area contributed by atoms with Crippen molar-refractivity contribution in [3.63, 3.8) is 0 Å². The maximum atomic E-state index is 6.26. The fourth-order valence-electron chi connectivity index (χ4n) is 9.99. The SMILES string of the molecule is CC1(C)c2cc(N(c3ccccc3)c3ccc4oc5ccccc5c4c3)ccc2-c2cc3c4ccccc4c(N(c4ccccc4)c4ccccc4)cc3c3cccc1c23. The van der Waals surface area contributed by atoms with Gasteiger partial charge in [-0.3, -0.25) is 0 Å². The molecule has 60 heavy (non-hydrogen) atoms. The summed E-state index contributed by atoms with van der Waals surface area (Å²) in [5.74, 6) is 0. The van der Waals surface area contributed by atoms with E-state index in [2.05, 4.69) is 218 Å². The second-order valence-electron chi connectivity index (χ2n) is 16.5. The number of rotatable bonds is 6. The third-order valence-electron chi connectivity index (χ3n) is 12.8. The van der Waals surface area contributed by atoms with Crippen LogP contribution in [0.4, 0.5) is 34.1 Å². The maximum absolute atomic E-state index is 6.26. The van der Waals surface area contributed by atoms with E-state index in [1.165, 1.54) is 60.3 Å². The topological polar surface area (TPSA) is 19.6 Å². The maximum Gasteiger partial charge on any atom is 0.135 e. The second kappa shape index (κ2) is 13.2. The van der Waals surface area contributed by atoms with Crippen LogP contribution in [0.1, 0.15) is 25.0 Å². The number of fused-ring (bicyclic) bond motifs is 9. The summed E-state index contributed by atoms with van der Waals surface area (Å²) < 4.78 is 6.26. The van der Waals surface area contributed by atoms with Crippen molar-refractivity contribution >= 4 is 88.4 Å². The van der Waals surface area contributed by atoms with Crippen LogP contribution in [0.25, 0.3) is 65.4 Å². The summed E-state index contributed by atoms with van der Waals surface area (Å²) in [7, 11) is 0. The Hall–Kier alpha value is -7.62. The van der Waals surface area contributed by atoms with Gasteiger partial charge in [0, 0.05) is 50.0 Å². The lowest BCUT2D eigenvalue weighted by Crippen LogP contribution is -2.24. The predicted molar refractivity (Wildman–Crippen MR) is 253 cm³/mol. The molecule has 0 radical (unpaired) electrons. The molecule has 1 aliphatic carbocycles. The zero-order valence-corrected chi connectivity index (χ0v) is 33.4. The molecular weight excluding hydrogens is 729 g/mol. The van der Waals surface area contributed by atoms with Crippen molar-refractivity contribution in [2.24, 2.45) is 0 Å². The smallest absolute Gasteiger partial charge is 0.135 e. The van der Waals surface area contributed by atoms with Crippen molar-refractivity contribution < 1.29 is 4.42 Å². The molecule has 1 heterocycles. The van der Waals surface area contributed by atoms with Crippen LogP contribution in [0.5, 0.6) is 0 Å². The van der Waals surface area contributed by atoms with Gasteiger partial charge in [-0.2, -0.15) is 0 Å². The molecule has 0 bridgehead atoms. The lowest BCUT2D eigenvalue weighted by molar-refractivity contribution is 0.645. The van der Waals surface area contributed by atoms with Gasteiger partial charge in [0.1, 0.15) is 11.2 Å². The standard InChI is InChI=1S/C57H40N2O/c1-57(2)51-27-16-26-46-48-36-53(59(38-19-8-4-9-20-38)39-21-10-5-11-22-39)44-24-13-12-23-42(44)47(48)35-50(56(46)51)43-31-29-41(34-52(43)57)58(37-17-6-3-7-18-37)40-30-32-55-49(33-40)45-25-14-15-28-54(45)60-55/h3-36H,1-2H3. The number of hydrogen-bond donors (Lipinski definition) is 0. The van der Waals surface area contributed by atoms with Gasteiger partial charge in [-0.25, -0.2) is 0 Å². The molecule has 10 aromatic carbocycles. The molecule has 3 nitrogen and oxygen atoms in total.